The van der Waals surface area contributed by atoms with Crippen molar-refractivity contribution in [2.75, 3.05) is 27.4 Å². The molecule has 1 N–H and O–H groups in total. The number of nitrogens with zero attached hydrogens (tertiary/aromatic N) is 2. The molecule has 0 aliphatic carbocycles. The van der Waals surface area contributed by atoms with E-state index in [-0.39, 0.29) is 30.0 Å². The molecule has 1 unspecified atom stereocenters. The molecule has 6 nitrogen and oxygen atoms in total. The maximum Gasteiger partial charge on any atom is 0.269 e. The number of nitrogens with one attached hydrogen (secondary N) is 1. The number of carbonyl (C=O) groups excluding carboxylic acids is 3. The van der Waals surface area contributed by atoms with Crippen LogP contribution in [0.25, 0.3) is 0 Å². The van der Waals surface area contributed by atoms with E-state index in [1.54, 1.807) is 29.2 Å². The van der Waals surface area contributed by atoms with Crippen molar-refractivity contribution >= 4 is 58.1 Å². The number of anilines is 3. The number of hydrogen-bond acceptors (Lipinski definition) is 4. The predicted molar refractivity (Wildman–Crippen MR) is 132 cm³/mol. The summed E-state index contributed by atoms with van der Waals surface area (Å²) in [7, 11) is 0. The number of fused-ring (bicyclic) bond motifs is 2. The zero-order chi connectivity index (χ0) is 23.2. The Kier molecular flexibility index (Phi) is 5.38. The van der Waals surface area contributed by atoms with Crippen LogP contribution in [0.15, 0.2) is 72.8 Å². The van der Waals surface area contributed by atoms with Gasteiger partial charge in [0.15, 0.2) is 0 Å². The summed E-state index contributed by atoms with van der Waals surface area (Å²) in [4.78, 5) is 41.7. The summed E-state index contributed by atoms with van der Waals surface area (Å²) in [5.74, 6) is -0.596. The van der Waals surface area contributed by atoms with Gasteiger partial charge in [-0.25, -0.2) is 0 Å². The Labute approximate surface area is 200 Å². The van der Waals surface area contributed by atoms with Crippen LogP contribution in [0.3, 0.4) is 0 Å². The minimum absolute atomic E-state index is 0.138. The number of rotatable bonds is 4. The summed E-state index contributed by atoms with van der Waals surface area (Å²) in [6.45, 7) is 1.78. The highest BCUT2D eigenvalue weighted by molar-refractivity contribution is 8.02. The minimum Gasteiger partial charge on any atom is -0.325 e. The molecule has 33 heavy (non-hydrogen) atoms. The molecule has 5 rings (SSSR count). The summed E-state index contributed by atoms with van der Waals surface area (Å²) in [6, 6.07) is 21.7. The van der Waals surface area contributed by atoms with Crippen molar-refractivity contribution in [2.24, 2.45) is 0 Å². The molecular weight excluding hydrogens is 458 g/mol. The fourth-order valence-electron chi connectivity index (χ4n) is 4.36. The van der Waals surface area contributed by atoms with E-state index in [4.69, 9.17) is 11.6 Å². The van der Waals surface area contributed by atoms with E-state index in [0.29, 0.717) is 27.6 Å². The van der Waals surface area contributed by atoms with Gasteiger partial charge in [-0.1, -0.05) is 41.9 Å². The first-order valence-corrected chi connectivity index (χ1v) is 11.8. The molecule has 3 amide bonds. The molecule has 1 fully saturated rings. The summed E-state index contributed by atoms with van der Waals surface area (Å²) in [5, 5.41) is 3.37. The van der Waals surface area contributed by atoms with Crippen molar-refractivity contribution in [3.63, 3.8) is 0 Å². The Morgan fingerprint density at radius 2 is 1.82 bits per heavy atom. The highest BCUT2D eigenvalue weighted by atomic mass is 35.5. The molecule has 166 valence electrons. The lowest BCUT2D eigenvalue weighted by molar-refractivity contribution is -0.124. The van der Waals surface area contributed by atoms with Crippen LogP contribution in [-0.4, -0.2) is 30.0 Å². The first-order chi connectivity index (χ1) is 15.9. The Balaban J connectivity index is 1.51. The van der Waals surface area contributed by atoms with Crippen molar-refractivity contribution in [1.29, 1.82) is 0 Å². The molecule has 3 aromatic rings. The fraction of sp³-hybridized carbons (Fsp3) is 0.160. The van der Waals surface area contributed by atoms with Crippen molar-refractivity contribution in [3.05, 3.63) is 88.9 Å². The molecule has 1 atom stereocenters. The van der Waals surface area contributed by atoms with Gasteiger partial charge in [0.1, 0.15) is 6.54 Å². The van der Waals surface area contributed by atoms with Crippen LogP contribution in [-0.2, 0) is 19.3 Å². The van der Waals surface area contributed by atoms with Gasteiger partial charge in [-0.15, -0.1) is 11.8 Å². The molecule has 0 radical (unpaired) electrons. The molecule has 0 bridgehead atoms. The van der Waals surface area contributed by atoms with E-state index in [1.165, 1.54) is 16.7 Å². The third-order valence-corrected chi connectivity index (χ3v) is 7.39. The lowest BCUT2D eigenvalue weighted by Gasteiger charge is -2.33. The van der Waals surface area contributed by atoms with Gasteiger partial charge in [0.2, 0.25) is 16.7 Å². The summed E-state index contributed by atoms with van der Waals surface area (Å²) >= 11 is 7.21. The zero-order valence-corrected chi connectivity index (χ0v) is 19.3. The topological polar surface area (TPSA) is 69.7 Å². The number of aryl methyl sites for hydroxylation is 1. The van der Waals surface area contributed by atoms with Gasteiger partial charge < -0.3 is 5.32 Å². The van der Waals surface area contributed by atoms with Crippen LogP contribution < -0.4 is 15.1 Å². The number of halogens is 1. The van der Waals surface area contributed by atoms with Crippen LogP contribution in [0.4, 0.5) is 17.1 Å². The zero-order valence-electron chi connectivity index (χ0n) is 17.7. The van der Waals surface area contributed by atoms with E-state index >= 15 is 0 Å². The normalized spacial score (nSPS) is 19.3. The average molecular weight is 478 g/mol. The standard InChI is InChI=1S/C25H20ClN3O3S/c1-16-5-4-6-19(13-16)29-23(31)15-33-25(29)20-7-2-3-8-21(20)28(24(25)32)14-22(30)27-18-11-9-17(26)10-12-18/h2-13H,14-15H2,1H3,(H,27,30). The van der Waals surface area contributed by atoms with Gasteiger partial charge in [0.05, 0.1) is 11.4 Å². The second kappa shape index (κ2) is 8.24. The van der Waals surface area contributed by atoms with E-state index < -0.39 is 4.87 Å². The SMILES string of the molecule is Cc1cccc(N2C(=O)CSC23C(=O)N(CC(=O)Nc2ccc(Cl)cc2)c2ccccc23)c1. The summed E-state index contributed by atoms with van der Waals surface area (Å²) in [5.41, 5.74) is 3.59. The van der Waals surface area contributed by atoms with Crippen LogP contribution in [0.1, 0.15) is 11.1 Å². The lowest BCUT2D eigenvalue weighted by atomic mass is 10.0. The molecule has 1 saturated heterocycles. The molecule has 0 saturated carbocycles. The van der Waals surface area contributed by atoms with Crippen molar-refractivity contribution in [2.45, 2.75) is 11.8 Å². The Bertz CT molecular complexity index is 1280. The van der Waals surface area contributed by atoms with Crippen LogP contribution in [0, 0.1) is 6.92 Å². The molecule has 3 aromatic carbocycles. The number of carbonyl (C=O) groups is 3. The average Bonchev–Trinajstić information content (AvgIpc) is 3.26. The van der Waals surface area contributed by atoms with Crippen LogP contribution in [0.5, 0.6) is 0 Å². The highest BCUT2D eigenvalue weighted by Crippen LogP contribution is 2.55. The van der Waals surface area contributed by atoms with Crippen molar-refractivity contribution in [3.8, 4) is 0 Å². The third-order valence-electron chi connectivity index (χ3n) is 5.75. The van der Waals surface area contributed by atoms with Crippen molar-refractivity contribution in [1.82, 2.24) is 0 Å². The number of para-hydroxylation sites is 1. The smallest absolute Gasteiger partial charge is 0.269 e. The van der Waals surface area contributed by atoms with Gasteiger partial charge in [-0.3, -0.25) is 24.2 Å². The molecule has 2 aliphatic heterocycles. The number of amides is 3. The molecule has 0 aromatic heterocycles. The van der Waals surface area contributed by atoms with Crippen LogP contribution >= 0.6 is 23.4 Å². The highest BCUT2D eigenvalue weighted by Gasteiger charge is 2.61. The molecule has 2 heterocycles. The van der Waals surface area contributed by atoms with E-state index in [2.05, 4.69) is 5.32 Å². The first-order valence-electron chi connectivity index (χ1n) is 10.4. The minimum atomic E-state index is -1.23. The van der Waals surface area contributed by atoms with Crippen molar-refractivity contribution < 1.29 is 14.4 Å². The van der Waals surface area contributed by atoms with E-state index in [0.717, 1.165) is 5.56 Å². The third kappa shape index (κ3) is 3.57. The number of hydrogen-bond donors (Lipinski definition) is 1. The van der Waals surface area contributed by atoms with Gasteiger partial charge in [0.25, 0.3) is 5.91 Å². The quantitative estimate of drug-likeness (QED) is 0.597. The fourth-order valence-corrected chi connectivity index (χ4v) is 5.84. The monoisotopic (exact) mass is 477 g/mol. The molecule has 8 heteroatoms. The maximum atomic E-state index is 13.9. The van der Waals surface area contributed by atoms with E-state index in [9.17, 15) is 14.4 Å². The Morgan fingerprint density at radius 1 is 1.06 bits per heavy atom. The Morgan fingerprint density at radius 3 is 2.58 bits per heavy atom. The Hall–Kier alpha value is -3.29. The predicted octanol–water partition coefficient (Wildman–Crippen LogP) is 4.57. The van der Waals surface area contributed by atoms with Crippen LogP contribution in [0.2, 0.25) is 5.02 Å². The molecule has 2 aliphatic rings. The van der Waals surface area contributed by atoms with Gasteiger partial charge in [-0.2, -0.15) is 0 Å². The largest absolute Gasteiger partial charge is 0.325 e. The summed E-state index contributed by atoms with van der Waals surface area (Å²) < 4.78 is 0. The first kappa shape index (κ1) is 21.6. The lowest BCUT2D eigenvalue weighted by Crippen LogP contribution is -2.50. The summed E-state index contributed by atoms with van der Waals surface area (Å²) in [6.07, 6.45) is 0. The van der Waals surface area contributed by atoms with Gasteiger partial charge in [-0.05, 0) is 55.0 Å². The second-order valence-corrected chi connectivity index (χ2v) is 9.57. The van der Waals surface area contributed by atoms with E-state index in [1.807, 2.05) is 55.5 Å². The molecular formula is C25H20ClN3O3S. The number of thioether (sulfide) groups is 1. The van der Waals surface area contributed by atoms with Gasteiger partial charge in [0, 0.05) is 22.0 Å². The number of benzene rings is 3. The second-order valence-electron chi connectivity index (χ2n) is 7.96. The maximum absolute atomic E-state index is 13.9. The van der Waals surface area contributed by atoms with Gasteiger partial charge >= 0.3 is 0 Å². The molecule has 1 spiro atoms.